The molecular formula is C8H19NaO5. The van der Waals surface area contributed by atoms with Crippen molar-refractivity contribution >= 4 is 11.8 Å². The Morgan fingerprint density at radius 2 is 1.07 bits per heavy atom. The SMILES string of the molecule is CC(=O)O.CC(C)=O.CC(C)O.[Na+].[OH-]. The van der Waals surface area contributed by atoms with Gasteiger partial charge in [0.2, 0.25) is 0 Å². The first-order chi connectivity index (χ1) is 5.20. The van der Waals surface area contributed by atoms with E-state index >= 15 is 0 Å². The molecule has 0 aromatic heterocycles. The van der Waals surface area contributed by atoms with Gasteiger partial charge in [-0.15, -0.1) is 0 Å². The van der Waals surface area contributed by atoms with Crippen molar-refractivity contribution in [3.63, 3.8) is 0 Å². The van der Waals surface area contributed by atoms with E-state index in [9.17, 15) is 4.79 Å². The van der Waals surface area contributed by atoms with Crippen LogP contribution in [-0.4, -0.2) is 33.5 Å². The Hall–Kier alpha value is 0.0600. The van der Waals surface area contributed by atoms with Crippen molar-refractivity contribution in [3.8, 4) is 0 Å². The van der Waals surface area contributed by atoms with Gasteiger partial charge in [-0.2, -0.15) is 0 Å². The minimum atomic E-state index is -0.833. The van der Waals surface area contributed by atoms with E-state index in [1.807, 2.05) is 0 Å². The molecule has 0 unspecified atom stereocenters. The molecule has 0 rings (SSSR count). The molecule has 82 valence electrons. The maximum atomic E-state index is 9.44. The standard InChI is InChI=1S/C3H8O.C3H6O.C2H4O2.Na.H2O/c2*1-3(2)4;1-2(3)4;;/h3-4H,1-2H3;1-2H3;1H3,(H,3,4);;1H2/q;;;+1;/p-1. The third-order valence-corrected chi connectivity index (χ3v) is 0. The van der Waals surface area contributed by atoms with E-state index in [0.717, 1.165) is 6.92 Å². The molecule has 0 aliphatic rings. The molecule has 0 heterocycles. The van der Waals surface area contributed by atoms with Crippen LogP contribution in [0.15, 0.2) is 0 Å². The Morgan fingerprint density at radius 1 is 1.07 bits per heavy atom. The number of carboxylic acid groups (broad SMARTS) is 1. The maximum absolute atomic E-state index is 9.44. The van der Waals surface area contributed by atoms with Gasteiger partial charge in [0.15, 0.2) is 0 Å². The van der Waals surface area contributed by atoms with Crippen LogP contribution in [0.4, 0.5) is 0 Å². The van der Waals surface area contributed by atoms with Crippen LogP contribution in [-0.2, 0) is 9.59 Å². The second kappa shape index (κ2) is 23.1. The fraction of sp³-hybridized carbons (Fsp3) is 0.750. The molecule has 3 N–H and O–H groups in total. The van der Waals surface area contributed by atoms with Crippen molar-refractivity contribution in [2.75, 3.05) is 0 Å². The monoisotopic (exact) mass is 218 g/mol. The molecule has 0 fully saturated rings. The summed E-state index contributed by atoms with van der Waals surface area (Å²) in [5.41, 5.74) is 0. The maximum Gasteiger partial charge on any atom is 1.00 e. The van der Waals surface area contributed by atoms with Gasteiger partial charge in [-0.1, -0.05) is 0 Å². The minimum absolute atomic E-state index is 0. The molecule has 5 nitrogen and oxygen atoms in total. The zero-order valence-electron chi connectivity index (χ0n) is 9.74. The number of hydrogen-bond donors (Lipinski definition) is 2. The number of carbonyl (C=O) groups is 2. The van der Waals surface area contributed by atoms with E-state index in [2.05, 4.69) is 0 Å². The van der Waals surface area contributed by atoms with Crippen molar-refractivity contribution in [2.24, 2.45) is 0 Å². The van der Waals surface area contributed by atoms with Gasteiger partial charge in [0, 0.05) is 13.0 Å². The van der Waals surface area contributed by atoms with Crippen LogP contribution in [0.2, 0.25) is 0 Å². The molecular weight excluding hydrogens is 199 g/mol. The molecule has 0 aromatic carbocycles. The molecule has 0 aromatic rings. The van der Waals surface area contributed by atoms with Crippen LogP contribution in [0.3, 0.4) is 0 Å². The molecule has 0 aliphatic carbocycles. The number of ketones is 1. The number of aliphatic carboxylic acids is 1. The molecule has 0 radical (unpaired) electrons. The summed E-state index contributed by atoms with van der Waals surface area (Å²) in [7, 11) is 0. The predicted octanol–water partition coefficient (Wildman–Crippen LogP) is -2.10. The molecule has 0 saturated carbocycles. The van der Waals surface area contributed by atoms with E-state index in [1.165, 1.54) is 13.8 Å². The van der Waals surface area contributed by atoms with Crippen LogP contribution in [0.5, 0.6) is 0 Å². The van der Waals surface area contributed by atoms with Crippen molar-refractivity contribution in [1.82, 2.24) is 0 Å². The summed E-state index contributed by atoms with van der Waals surface area (Å²) in [5, 5.41) is 15.5. The van der Waals surface area contributed by atoms with E-state index in [-0.39, 0.29) is 46.9 Å². The van der Waals surface area contributed by atoms with Crippen molar-refractivity contribution in [1.29, 1.82) is 0 Å². The number of rotatable bonds is 0. The molecule has 14 heavy (non-hydrogen) atoms. The van der Waals surface area contributed by atoms with Crippen molar-refractivity contribution < 1.29 is 54.8 Å². The quantitative estimate of drug-likeness (QED) is 0.453. The van der Waals surface area contributed by atoms with Crippen LogP contribution in [0.25, 0.3) is 0 Å². The fourth-order valence-electron chi connectivity index (χ4n) is 0. The van der Waals surface area contributed by atoms with Gasteiger partial charge in [-0.25, -0.2) is 0 Å². The summed E-state index contributed by atoms with van der Waals surface area (Å²) in [5.74, 6) is -0.667. The average Bonchev–Trinajstić information content (AvgIpc) is 1.54. The molecule has 6 heteroatoms. The summed E-state index contributed by atoms with van der Waals surface area (Å²) < 4.78 is 0. The third-order valence-electron chi connectivity index (χ3n) is 0. The summed E-state index contributed by atoms with van der Waals surface area (Å²) in [6, 6.07) is 0. The number of hydrogen-bond acceptors (Lipinski definition) is 4. The second-order valence-corrected chi connectivity index (χ2v) is 2.52. The Labute approximate surface area is 107 Å². The van der Waals surface area contributed by atoms with E-state index in [4.69, 9.17) is 15.0 Å². The number of aliphatic hydroxyl groups excluding tert-OH is 1. The summed E-state index contributed by atoms with van der Waals surface area (Å²) in [6.45, 7) is 7.58. The zero-order valence-corrected chi connectivity index (χ0v) is 11.7. The average molecular weight is 218 g/mol. The Bertz CT molecular complexity index is 102. The summed E-state index contributed by atoms with van der Waals surface area (Å²) in [6.07, 6.45) is -0.167. The van der Waals surface area contributed by atoms with E-state index in [1.54, 1.807) is 13.8 Å². The summed E-state index contributed by atoms with van der Waals surface area (Å²) in [4.78, 5) is 18.4. The largest absolute Gasteiger partial charge is 1.00 e. The topological polar surface area (TPSA) is 105 Å². The van der Waals surface area contributed by atoms with Crippen LogP contribution in [0, 0.1) is 0 Å². The normalized spacial score (nSPS) is 6.21. The third kappa shape index (κ3) is 410000. The fourth-order valence-corrected chi connectivity index (χ4v) is 0. The van der Waals surface area contributed by atoms with Gasteiger partial charge in [0.05, 0.1) is 0 Å². The molecule has 0 atom stereocenters. The predicted molar refractivity (Wildman–Crippen MR) is 49.0 cm³/mol. The van der Waals surface area contributed by atoms with Crippen molar-refractivity contribution in [3.05, 3.63) is 0 Å². The Kier molecular flexibility index (Phi) is 48.3. The van der Waals surface area contributed by atoms with Crippen LogP contribution < -0.4 is 29.6 Å². The summed E-state index contributed by atoms with van der Waals surface area (Å²) >= 11 is 0. The number of carboxylic acids is 1. The molecule has 0 spiro atoms. The van der Waals surface area contributed by atoms with Gasteiger partial charge >= 0.3 is 29.6 Å². The first-order valence-electron chi connectivity index (χ1n) is 3.54. The van der Waals surface area contributed by atoms with E-state index in [0.29, 0.717) is 0 Å². The Balaban J connectivity index is -0.0000000270. The number of Topliss-reactive ketones (excluding diaryl/α,β-unsaturated/α-hetero) is 1. The molecule has 0 aliphatic heterocycles. The molecule has 0 bridgehead atoms. The first-order valence-corrected chi connectivity index (χ1v) is 3.54. The van der Waals surface area contributed by atoms with Crippen molar-refractivity contribution in [2.45, 2.75) is 40.7 Å². The molecule has 0 saturated heterocycles. The van der Waals surface area contributed by atoms with Crippen LogP contribution >= 0.6 is 0 Å². The minimum Gasteiger partial charge on any atom is -0.870 e. The molecule has 0 amide bonds. The van der Waals surface area contributed by atoms with Gasteiger partial charge < -0.3 is 20.5 Å². The Morgan fingerprint density at radius 3 is 1.07 bits per heavy atom. The van der Waals surface area contributed by atoms with Gasteiger partial charge in [0.1, 0.15) is 5.78 Å². The van der Waals surface area contributed by atoms with Crippen LogP contribution in [0.1, 0.15) is 34.6 Å². The zero-order chi connectivity index (χ0) is 10.7. The first kappa shape index (κ1) is 29.2. The number of aliphatic hydroxyl groups is 1. The second-order valence-electron chi connectivity index (χ2n) is 2.52. The number of carbonyl (C=O) groups excluding carboxylic acids is 1. The van der Waals surface area contributed by atoms with E-state index < -0.39 is 5.97 Å². The van der Waals surface area contributed by atoms with Gasteiger partial charge in [-0.05, 0) is 27.7 Å². The van der Waals surface area contributed by atoms with Gasteiger partial charge in [-0.3, -0.25) is 4.79 Å². The smallest absolute Gasteiger partial charge is 0.870 e. The van der Waals surface area contributed by atoms with Gasteiger partial charge in [0.25, 0.3) is 5.97 Å².